The highest BCUT2D eigenvalue weighted by atomic mass is 16.2. The van der Waals surface area contributed by atoms with E-state index in [0.29, 0.717) is 6.42 Å². The average Bonchev–Trinajstić information content (AvgIpc) is 2.85. The van der Waals surface area contributed by atoms with E-state index in [1.807, 2.05) is 11.9 Å². The Morgan fingerprint density at radius 3 is 2.95 bits per heavy atom. The fraction of sp³-hybridized carbons (Fsp3) is 0.562. The number of fused-ring (bicyclic) bond motifs is 1. The molecule has 19 heavy (non-hydrogen) atoms. The SMILES string of the molecule is CCCCN(C)C(=O)CCN1CCc2ccccc21. The molecule has 0 unspecified atom stereocenters. The fourth-order valence-electron chi connectivity index (χ4n) is 2.58. The Balaban J connectivity index is 1.82. The minimum Gasteiger partial charge on any atom is -0.370 e. The molecular weight excluding hydrogens is 236 g/mol. The van der Waals surface area contributed by atoms with Crippen LogP contribution < -0.4 is 4.90 Å². The monoisotopic (exact) mass is 260 g/mol. The van der Waals surface area contributed by atoms with Gasteiger partial charge < -0.3 is 9.80 Å². The summed E-state index contributed by atoms with van der Waals surface area (Å²) in [6.07, 6.45) is 3.95. The molecule has 1 amide bonds. The number of carbonyl (C=O) groups excluding carboxylic acids is 1. The molecular formula is C16H24N2O. The van der Waals surface area contributed by atoms with Crippen LogP contribution in [0.4, 0.5) is 5.69 Å². The summed E-state index contributed by atoms with van der Waals surface area (Å²) in [5, 5.41) is 0. The van der Waals surface area contributed by atoms with E-state index >= 15 is 0 Å². The van der Waals surface area contributed by atoms with E-state index in [-0.39, 0.29) is 5.91 Å². The lowest BCUT2D eigenvalue weighted by Crippen LogP contribution is -2.32. The number of para-hydroxylation sites is 1. The molecule has 104 valence electrons. The third-order valence-electron chi connectivity index (χ3n) is 3.85. The number of nitrogens with zero attached hydrogens (tertiary/aromatic N) is 2. The molecule has 3 heteroatoms. The quantitative estimate of drug-likeness (QED) is 0.785. The number of carbonyl (C=O) groups is 1. The molecule has 0 aromatic heterocycles. The zero-order valence-corrected chi connectivity index (χ0v) is 12.1. The summed E-state index contributed by atoms with van der Waals surface area (Å²) in [5.41, 5.74) is 2.72. The summed E-state index contributed by atoms with van der Waals surface area (Å²) < 4.78 is 0. The van der Waals surface area contributed by atoms with Gasteiger partial charge in [0.2, 0.25) is 5.91 Å². The number of benzene rings is 1. The molecule has 1 aliphatic rings. The summed E-state index contributed by atoms with van der Waals surface area (Å²) in [6, 6.07) is 8.51. The Labute approximate surface area is 116 Å². The van der Waals surface area contributed by atoms with E-state index in [9.17, 15) is 4.79 Å². The topological polar surface area (TPSA) is 23.6 Å². The van der Waals surface area contributed by atoms with Gasteiger partial charge in [0.15, 0.2) is 0 Å². The predicted octanol–water partition coefficient (Wildman–Crippen LogP) is 2.70. The molecule has 0 radical (unpaired) electrons. The maximum Gasteiger partial charge on any atom is 0.224 e. The maximum atomic E-state index is 12.0. The van der Waals surface area contributed by atoms with E-state index in [1.165, 1.54) is 11.3 Å². The van der Waals surface area contributed by atoms with Crippen molar-refractivity contribution in [3.8, 4) is 0 Å². The van der Waals surface area contributed by atoms with Gasteiger partial charge in [-0.15, -0.1) is 0 Å². The third-order valence-corrected chi connectivity index (χ3v) is 3.85. The highest BCUT2D eigenvalue weighted by Crippen LogP contribution is 2.27. The lowest BCUT2D eigenvalue weighted by atomic mass is 10.2. The molecule has 0 aliphatic carbocycles. The lowest BCUT2D eigenvalue weighted by Gasteiger charge is -2.22. The largest absolute Gasteiger partial charge is 0.370 e. The number of rotatable bonds is 6. The van der Waals surface area contributed by atoms with Gasteiger partial charge in [-0.05, 0) is 24.5 Å². The van der Waals surface area contributed by atoms with Gasteiger partial charge in [-0.25, -0.2) is 0 Å². The minimum absolute atomic E-state index is 0.262. The molecule has 1 aromatic carbocycles. The molecule has 1 aromatic rings. The first kappa shape index (κ1) is 13.9. The van der Waals surface area contributed by atoms with E-state index in [4.69, 9.17) is 0 Å². The first-order chi connectivity index (χ1) is 9.22. The Morgan fingerprint density at radius 2 is 2.16 bits per heavy atom. The molecule has 3 nitrogen and oxygen atoms in total. The molecule has 0 saturated heterocycles. The Bertz CT molecular complexity index is 431. The normalized spacial score (nSPS) is 13.5. The van der Waals surface area contributed by atoms with Crippen LogP contribution in [-0.2, 0) is 11.2 Å². The van der Waals surface area contributed by atoms with Gasteiger partial charge in [-0.3, -0.25) is 4.79 Å². The van der Waals surface area contributed by atoms with Crippen molar-refractivity contribution in [2.24, 2.45) is 0 Å². The predicted molar refractivity (Wildman–Crippen MR) is 79.5 cm³/mol. The van der Waals surface area contributed by atoms with Gasteiger partial charge in [0.05, 0.1) is 0 Å². The van der Waals surface area contributed by atoms with Crippen LogP contribution in [0.15, 0.2) is 24.3 Å². The summed E-state index contributed by atoms with van der Waals surface area (Å²) in [4.78, 5) is 16.2. The van der Waals surface area contributed by atoms with E-state index in [0.717, 1.165) is 38.9 Å². The van der Waals surface area contributed by atoms with Crippen LogP contribution in [0.3, 0.4) is 0 Å². The van der Waals surface area contributed by atoms with Gasteiger partial charge in [0.25, 0.3) is 0 Å². The molecule has 0 saturated carbocycles. The van der Waals surface area contributed by atoms with Crippen LogP contribution in [-0.4, -0.2) is 37.5 Å². The van der Waals surface area contributed by atoms with Crippen molar-refractivity contribution in [3.05, 3.63) is 29.8 Å². The van der Waals surface area contributed by atoms with Crippen molar-refractivity contribution >= 4 is 11.6 Å². The molecule has 0 atom stereocenters. The van der Waals surface area contributed by atoms with Gasteiger partial charge in [-0.1, -0.05) is 31.5 Å². The summed E-state index contributed by atoms with van der Waals surface area (Å²) in [6.45, 7) is 4.92. The van der Waals surface area contributed by atoms with Crippen molar-refractivity contribution in [2.45, 2.75) is 32.6 Å². The van der Waals surface area contributed by atoms with E-state index in [1.54, 1.807) is 0 Å². The molecule has 2 rings (SSSR count). The van der Waals surface area contributed by atoms with Gasteiger partial charge >= 0.3 is 0 Å². The fourth-order valence-corrected chi connectivity index (χ4v) is 2.58. The maximum absolute atomic E-state index is 12.0. The summed E-state index contributed by atoms with van der Waals surface area (Å²) in [5.74, 6) is 0.262. The number of hydrogen-bond donors (Lipinski definition) is 0. The second-order valence-electron chi connectivity index (χ2n) is 5.28. The third kappa shape index (κ3) is 3.49. The van der Waals surface area contributed by atoms with Crippen LogP contribution in [0.2, 0.25) is 0 Å². The van der Waals surface area contributed by atoms with Crippen molar-refractivity contribution in [1.29, 1.82) is 0 Å². The zero-order valence-electron chi connectivity index (χ0n) is 12.1. The van der Waals surface area contributed by atoms with E-state index < -0.39 is 0 Å². The van der Waals surface area contributed by atoms with E-state index in [2.05, 4.69) is 36.1 Å². The second-order valence-corrected chi connectivity index (χ2v) is 5.28. The molecule has 0 spiro atoms. The minimum atomic E-state index is 0.262. The van der Waals surface area contributed by atoms with Crippen LogP contribution >= 0.6 is 0 Å². The number of unbranched alkanes of at least 4 members (excludes halogenated alkanes) is 1. The van der Waals surface area contributed by atoms with Crippen LogP contribution in [0.5, 0.6) is 0 Å². The van der Waals surface area contributed by atoms with Crippen molar-refractivity contribution in [2.75, 3.05) is 31.6 Å². The summed E-state index contributed by atoms with van der Waals surface area (Å²) >= 11 is 0. The molecule has 0 fully saturated rings. The van der Waals surface area contributed by atoms with Gasteiger partial charge in [-0.2, -0.15) is 0 Å². The Kier molecular flexibility index (Phi) is 4.83. The number of anilines is 1. The molecule has 1 heterocycles. The van der Waals surface area contributed by atoms with Crippen molar-refractivity contribution < 1.29 is 4.79 Å². The first-order valence-electron chi connectivity index (χ1n) is 7.29. The lowest BCUT2D eigenvalue weighted by molar-refractivity contribution is -0.129. The first-order valence-corrected chi connectivity index (χ1v) is 7.29. The van der Waals surface area contributed by atoms with Crippen LogP contribution in [0.25, 0.3) is 0 Å². The molecule has 0 bridgehead atoms. The van der Waals surface area contributed by atoms with Gasteiger partial charge in [0, 0.05) is 38.8 Å². The number of amides is 1. The standard InChI is InChI=1S/C16H24N2O/c1-3-4-11-17(2)16(19)10-13-18-12-9-14-7-5-6-8-15(14)18/h5-8H,3-4,9-13H2,1-2H3. The molecule has 1 aliphatic heterocycles. The average molecular weight is 260 g/mol. The van der Waals surface area contributed by atoms with Crippen molar-refractivity contribution in [1.82, 2.24) is 4.90 Å². The van der Waals surface area contributed by atoms with Gasteiger partial charge in [0.1, 0.15) is 0 Å². The van der Waals surface area contributed by atoms with Crippen molar-refractivity contribution in [3.63, 3.8) is 0 Å². The second kappa shape index (κ2) is 6.60. The highest BCUT2D eigenvalue weighted by molar-refractivity contribution is 5.76. The zero-order chi connectivity index (χ0) is 13.7. The van der Waals surface area contributed by atoms with Crippen LogP contribution in [0.1, 0.15) is 31.7 Å². The van der Waals surface area contributed by atoms with Crippen LogP contribution in [0, 0.1) is 0 Å². The number of hydrogen-bond acceptors (Lipinski definition) is 2. The Hall–Kier alpha value is -1.51. The smallest absolute Gasteiger partial charge is 0.224 e. The summed E-state index contributed by atoms with van der Waals surface area (Å²) in [7, 11) is 1.91. The highest BCUT2D eigenvalue weighted by Gasteiger charge is 2.19. The molecule has 0 N–H and O–H groups in total. The Morgan fingerprint density at radius 1 is 1.37 bits per heavy atom.